The average molecular weight is 253 g/mol. The second-order valence-corrected chi connectivity index (χ2v) is 5.72. The van der Waals surface area contributed by atoms with E-state index in [-0.39, 0.29) is 6.03 Å². The van der Waals surface area contributed by atoms with Crippen LogP contribution >= 0.6 is 0 Å². The van der Waals surface area contributed by atoms with Crippen molar-refractivity contribution in [3.63, 3.8) is 0 Å². The van der Waals surface area contributed by atoms with Crippen molar-refractivity contribution < 1.29 is 4.79 Å². The van der Waals surface area contributed by atoms with Gasteiger partial charge in [-0.25, -0.2) is 4.79 Å². The van der Waals surface area contributed by atoms with Gasteiger partial charge in [0.2, 0.25) is 0 Å². The third-order valence-corrected chi connectivity index (χ3v) is 4.24. The summed E-state index contributed by atoms with van der Waals surface area (Å²) in [6.07, 6.45) is 8.34. The van der Waals surface area contributed by atoms with Crippen LogP contribution in [0.2, 0.25) is 0 Å². The molecule has 104 valence electrons. The minimum atomic E-state index is 0.277. The van der Waals surface area contributed by atoms with Crippen molar-refractivity contribution in [2.45, 2.75) is 44.9 Å². The normalized spacial score (nSPS) is 25.9. The lowest BCUT2D eigenvalue weighted by molar-refractivity contribution is 0.128. The number of hydrogen-bond donors (Lipinski definition) is 1. The van der Waals surface area contributed by atoms with E-state index >= 15 is 0 Å². The van der Waals surface area contributed by atoms with Crippen LogP contribution in [0.1, 0.15) is 44.9 Å². The highest BCUT2D eigenvalue weighted by molar-refractivity contribution is 5.74. The average Bonchev–Trinajstić information content (AvgIpc) is 2.67. The van der Waals surface area contributed by atoms with Gasteiger partial charge in [0.15, 0.2) is 0 Å². The monoisotopic (exact) mass is 253 g/mol. The Labute approximate surface area is 110 Å². The van der Waals surface area contributed by atoms with E-state index in [1.807, 2.05) is 0 Å². The molecule has 0 aliphatic carbocycles. The fourth-order valence-electron chi connectivity index (χ4n) is 3.17. The number of amides is 2. The second kappa shape index (κ2) is 6.98. The van der Waals surface area contributed by atoms with Crippen molar-refractivity contribution >= 4 is 6.03 Å². The van der Waals surface area contributed by atoms with Crippen LogP contribution in [0.25, 0.3) is 0 Å². The van der Waals surface area contributed by atoms with Crippen molar-refractivity contribution in [1.82, 2.24) is 9.80 Å². The molecule has 0 radical (unpaired) electrons. The third-order valence-electron chi connectivity index (χ3n) is 4.24. The topological polar surface area (TPSA) is 49.6 Å². The zero-order chi connectivity index (χ0) is 12.8. The molecule has 2 aliphatic heterocycles. The van der Waals surface area contributed by atoms with Gasteiger partial charge in [0.1, 0.15) is 0 Å². The SMILES string of the molecule is NCCC1CCCN(C(=O)N2CCCCCC2)C1. The van der Waals surface area contributed by atoms with Gasteiger partial charge in [0.25, 0.3) is 0 Å². The zero-order valence-corrected chi connectivity index (χ0v) is 11.4. The van der Waals surface area contributed by atoms with Crippen LogP contribution in [0, 0.1) is 5.92 Å². The highest BCUT2D eigenvalue weighted by Gasteiger charge is 2.26. The summed E-state index contributed by atoms with van der Waals surface area (Å²) in [6.45, 7) is 4.52. The molecule has 0 bridgehead atoms. The fourth-order valence-corrected chi connectivity index (χ4v) is 3.17. The molecular weight excluding hydrogens is 226 g/mol. The number of hydrogen-bond acceptors (Lipinski definition) is 2. The molecule has 0 spiro atoms. The Morgan fingerprint density at radius 1 is 1.00 bits per heavy atom. The molecule has 4 heteroatoms. The molecule has 4 nitrogen and oxygen atoms in total. The minimum absolute atomic E-state index is 0.277. The summed E-state index contributed by atoms with van der Waals surface area (Å²) in [5.74, 6) is 0.625. The Morgan fingerprint density at radius 3 is 2.33 bits per heavy atom. The van der Waals surface area contributed by atoms with Crippen LogP contribution in [-0.2, 0) is 0 Å². The lowest BCUT2D eigenvalue weighted by Crippen LogP contribution is -2.48. The maximum atomic E-state index is 12.5. The molecule has 2 amide bonds. The van der Waals surface area contributed by atoms with Crippen molar-refractivity contribution in [3.05, 3.63) is 0 Å². The summed E-state index contributed by atoms with van der Waals surface area (Å²) < 4.78 is 0. The minimum Gasteiger partial charge on any atom is -0.330 e. The van der Waals surface area contributed by atoms with Gasteiger partial charge in [0, 0.05) is 26.2 Å². The van der Waals surface area contributed by atoms with E-state index < -0.39 is 0 Å². The second-order valence-electron chi connectivity index (χ2n) is 5.72. The number of urea groups is 1. The molecule has 2 heterocycles. The smallest absolute Gasteiger partial charge is 0.320 e. The van der Waals surface area contributed by atoms with Gasteiger partial charge in [-0.2, -0.15) is 0 Å². The number of carbonyl (C=O) groups is 1. The highest BCUT2D eigenvalue weighted by atomic mass is 16.2. The Morgan fingerprint density at radius 2 is 1.67 bits per heavy atom. The summed E-state index contributed by atoms with van der Waals surface area (Å²) >= 11 is 0. The first-order chi connectivity index (χ1) is 8.81. The molecular formula is C14H27N3O. The van der Waals surface area contributed by atoms with Crippen LogP contribution in [-0.4, -0.2) is 48.6 Å². The molecule has 0 aromatic heterocycles. The maximum absolute atomic E-state index is 12.5. The van der Waals surface area contributed by atoms with Crippen LogP contribution in [0.5, 0.6) is 0 Å². The van der Waals surface area contributed by atoms with Gasteiger partial charge >= 0.3 is 6.03 Å². The first-order valence-electron chi connectivity index (χ1n) is 7.55. The van der Waals surface area contributed by atoms with Crippen molar-refractivity contribution in [2.75, 3.05) is 32.7 Å². The van der Waals surface area contributed by atoms with Gasteiger partial charge in [0.05, 0.1) is 0 Å². The number of nitrogens with two attached hydrogens (primary N) is 1. The van der Waals surface area contributed by atoms with Crippen molar-refractivity contribution in [1.29, 1.82) is 0 Å². The molecule has 18 heavy (non-hydrogen) atoms. The summed E-state index contributed by atoms with van der Waals surface area (Å²) in [6, 6.07) is 0.277. The molecule has 1 unspecified atom stereocenters. The van der Waals surface area contributed by atoms with E-state index in [1.54, 1.807) is 0 Å². The summed E-state index contributed by atoms with van der Waals surface area (Å²) in [7, 11) is 0. The Bertz CT molecular complexity index is 260. The number of carbonyl (C=O) groups excluding carboxylic acids is 1. The van der Waals surface area contributed by atoms with Crippen LogP contribution in [0.3, 0.4) is 0 Å². The summed E-state index contributed by atoms with van der Waals surface area (Å²) in [5.41, 5.74) is 5.63. The molecule has 0 aromatic rings. The number of likely N-dealkylation sites (tertiary alicyclic amines) is 2. The van der Waals surface area contributed by atoms with Gasteiger partial charge in [-0.15, -0.1) is 0 Å². The largest absolute Gasteiger partial charge is 0.330 e. The van der Waals surface area contributed by atoms with E-state index in [4.69, 9.17) is 5.73 Å². The molecule has 2 N–H and O–H groups in total. The van der Waals surface area contributed by atoms with E-state index in [0.717, 1.165) is 45.6 Å². The number of nitrogens with zero attached hydrogens (tertiary/aromatic N) is 2. The molecule has 1 atom stereocenters. The molecule has 0 aromatic carbocycles. The lowest BCUT2D eigenvalue weighted by atomic mass is 9.95. The predicted octanol–water partition coefficient (Wildman–Crippen LogP) is 2.04. The van der Waals surface area contributed by atoms with Crippen molar-refractivity contribution in [3.8, 4) is 0 Å². The van der Waals surface area contributed by atoms with Crippen LogP contribution < -0.4 is 5.73 Å². The number of piperidine rings is 1. The first-order valence-corrected chi connectivity index (χ1v) is 7.55. The van der Waals surface area contributed by atoms with E-state index in [0.29, 0.717) is 5.92 Å². The summed E-state index contributed by atoms with van der Waals surface area (Å²) in [5, 5.41) is 0. The van der Waals surface area contributed by atoms with Crippen LogP contribution in [0.15, 0.2) is 0 Å². The van der Waals surface area contributed by atoms with Gasteiger partial charge in [-0.3, -0.25) is 0 Å². The van der Waals surface area contributed by atoms with E-state index in [1.165, 1.54) is 32.1 Å². The van der Waals surface area contributed by atoms with E-state index in [9.17, 15) is 4.79 Å². The van der Waals surface area contributed by atoms with Gasteiger partial charge in [-0.05, 0) is 44.6 Å². The lowest BCUT2D eigenvalue weighted by Gasteiger charge is -2.36. The molecule has 2 aliphatic rings. The van der Waals surface area contributed by atoms with Gasteiger partial charge in [-0.1, -0.05) is 12.8 Å². The van der Waals surface area contributed by atoms with Gasteiger partial charge < -0.3 is 15.5 Å². The molecule has 0 saturated carbocycles. The van der Waals surface area contributed by atoms with Crippen LogP contribution in [0.4, 0.5) is 4.79 Å². The molecule has 2 fully saturated rings. The maximum Gasteiger partial charge on any atom is 0.320 e. The Balaban J connectivity index is 1.86. The summed E-state index contributed by atoms with van der Waals surface area (Å²) in [4.78, 5) is 16.6. The highest BCUT2D eigenvalue weighted by Crippen LogP contribution is 2.21. The number of rotatable bonds is 2. The first kappa shape index (κ1) is 13.7. The standard InChI is InChI=1S/C14H27N3O/c15-8-7-13-6-5-11-17(12-13)14(18)16-9-3-1-2-4-10-16/h13H,1-12,15H2. The quantitative estimate of drug-likeness (QED) is 0.818. The molecule has 2 saturated heterocycles. The van der Waals surface area contributed by atoms with E-state index in [2.05, 4.69) is 9.80 Å². The predicted molar refractivity (Wildman–Crippen MR) is 73.4 cm³/mol. The molecule has 2 rings (SSSR count). The Hall–Kier alpha value is -0.770. The zero-order valence-electron chi connectivity index (χ0n) is 11.4. The van der Waals surface area contributed by atoms with Crippen molar-refractivity contribution in [2.24, 2.45) is 11.7 Å². The Kier molecular flexibility index (Phi) is 5.29. The fraction of sp³-hybridized carbons (Fsp3) is 0.929. The third kappa shape index (κ3) is 3.61.